The molecule has 1 aliphatic heterocycles. The third-order valence-corrected chi connectivity index (χ3v) is 5.53. The highest BCUT2D eigenvalue weighted by atomic mass is 32.2. The van der Waals surface area contributed by atoms with Gasteiger partial charge in [0.15, 0.2) is 5.17 Å². The monoisotopic (exact) mass is 400 g/mol. The van der Waals surface area contributed by atoms with Crippen LogP contribution < -0.4 is 0 Å². The maximum absolute atomic E-state index is 13.1. The second-order valence-corrected chi connectivity index (χ2v) is 7.63. The van der Waals surface area contributed by atoms with Gasteiger partial charge in [-0.3, -0.25) is 9.69 Å². The van der Waals surface area contributed by atoms with Crippen LogP contribution >= 0.6 is 11.8 Å². The molecule has 0 aliphatic carbocycles. The molecule has 4 nitrogen and oxygen atoms in total. The number of thioether (sulfide) groups is 1. The first-order valence-electron chi connectivity index (χ1n) is 9.37. The molecule has 1 N–H and O–H groups in total. The zero-order chi connectivity index (χ0) is 20.1. The number of carbonyl (C=O) groups excluding carboxylic acids is 1. The maximum atomic E-state index is 13.1. The first kappa shape index (κ1) is 19.0. The highest BCUT2D eigenvalue weighted by molar-refractivity contribution is 8.18. The molecule has 3 aromatic carbocycles. The van der Waals surface area contributed by atoms with Gasteiger partial charge in [0, 0.05) is 6.54 Å². The SMILES string of the molecule is O=C1/C(=C\c2ccc(O)cc2)SC(=Nc2ccccc2)N1CCc1ccccc1. The number of benzene rings is 3. The molecule has 0 saturated carbocycles. The van der Waals surface area contributed by atoms with Crippen molar-refractivity contribution >= 4 is 34.6 Å². The van der Waals surface area contributed by atoms with Gasteiger partial charge >= 0.3 is 0 Å². The van der Waals surface area contributed by atoms with Crippen LogP contribution in [-0.2, 0) is 11.2 Å². The lowest BCUT2D eigenvalue weighted by atomic mass is 10.1. The molecule has 0 atom stereocenters. The van der Waals surface area contributed by atoms with Crippen LogP contribution in [0.2, 0.25) is 0 Å². The molecule has 3 aromatic rings. The second-order valence-electron chi connectivity index (χ2n) is 6.62. The predicted molar refractivity (Wildman–Crippen MR) is 119 cm³/mol. The Hall–Kier alpha value is -3.31. The van der Waals surface area contributed by atoms with Gasteiger partial charge < -0.3 is 5.11 Å². The number of carbonyl (C=O) groups is 1. The van der Waals surface area contributed by atoms with Crippen molar-refractivity contribution < 1.29 is 9.90 Å². The lowest BCUT2D eigenvalue weighted by Gasteiger charge is -2.15. The third kappa shape index (κ3) is 4.76. The summed E-state index contributed by atoms with van der Waals surface area (Å²) in [5.74, 6) is 0.155. The molecule has 5 heteroatoms. The van der Waals surface area contributed by atoms with E-state index >= 15 is 0 Å². The fourth-order valence-electron chi connectivity index (χ4n) is 3.01. The summed E-state index contributed by atoms with van der Waals surface area (Å²) < 4.78 is 0. The van der Waals surface area contributed by atoms with Gasteiger partial charge in [0.1, 0.15) is 5.75 Å². The summed E-state index contributed by atoms with van der Waals surface area (Å²) in [6.45, 7) is 0.564. The lowest BCUT2D eigenvalue weighted by Crippen LogP contribution is -2.31. The Kier molecular flexibility index (Phi) is 5.77. The van der Waals surface area contributed by atoms with Gasteiger partial charge in [-0.05, 0) is 59.7 Å². The van der Waals surface area contributed by atoms with Crippen LogP contribution in [0.5, 0.6) is 5.75 Å². The van der Waals surface area contributed by atoms with E-state index in [9.17, 15) is 9.90 Å². The fourth-order valence-corrected chi connectivity index (χ4v) is 4.03. The zero-order valence-electron chi connectivity index (χ0n) is 15.7. The predicted octanol–water partition coefficient (Wildman–Crippen LogP) is 5.24. The Bertz CT molecular complexity index is 1050. The fraction of sp³-hybridized carbons (Fsp3) is 0.0833. The molecule has 0 aromatic heterocycles. The topological polar surface area (TPSA) is 52.9 Å². The first-order chi connectivity index (χ1) is 14.2. The molecule has 144 valence electrons. The Morgan fingerprint density at radius 1 is 0.897 bits per heavy atom. The molecule has 0 spiro atoms. The van der Waals surface area contributed by atoms with Crippen LogP contribution in [0.25, 0.3) is 6.08 Å². The number of amidine groups is 1. The number of hydrogen-bond donors (Lipinski definition) is 1. The van der Waals surface area contributed by atoms with Crippen molar-refractivity contribution in [3.05, 3.63) is 101 Å². The molecule has 0 bridgehead atoms. The van der Waals surface area contributed by atoms with Crippen molar-refractivity contribution in [1.29, 1.82) is 0 Å². The van der Waals surface area contributed by atoms with Crippen molar-refractivity contribution in [2.24, 2.45) is 4.99 Å². The van der Waals surface area contributed by atoms with Gasteiger partial charge in [0.2, 0.25) is 0 Å². The summed E-state index contributed by atoms with van der Waals surface area (Å²) >= 11 is 1.38. The number of aromatic hydroxyl groups is 1. The number of nitrogens with zero attached hydrogens (tertiary/aromatic N) is 2. The van der Waals surface area contributed by atoms with Crippen LogP contribution in [0.3, 0.4) is 0 Å². The molecule has 29 heavy (non-hydrogen) atoms. The second kappa shape index (κ2) is 8.80. The van der Waals surface area contributed by atoms with E-state index in [4.69, 9.17) is 4.99 Å². The number of amides is 1. The quantitative estimate of drug-likeness (QED) is 0.596. The van der Waals surface area contributed by atoms with Crippen LogP contribution in [-0.4, -0.2) is 27.6 Å². The summed E-state index contributed by atoms with van der Waals surface area (Å²) in [6.07, 6.45) is 2.60. The highest BCUT2D eigenvalue weighted by Crippen LogP contribution is 2.34. The maximum Gasteiger partial charge on any atom is 0.266 e. The van der Waals surface area contributed by atoms with Crippen molar-refractivity contribution in [3.8, 4) is 5.75 Å². The van der Waals surface area contributed by atoms with E-state index < -0.39 is 0 Å². The minimum atomic E-state index is -0.0475. The van der Waals surface area contributed by atoms with Gasteiger partial charge in [0.25, 0.3) is 5.91 Å². The Morgan fingerprint density at radius 2 is 1.55 bits per heavy atom. The summed E-state index contributed by atoms with van der Waals surface area (Å²) in [7, 11) is 0. The number of aliphatic imine (C=N–C) groups is 1. The zero-order valence-corrected chi connectivity index (χ0v) is 16.5. The molecule has 4 rings (SSSR count). The molecule has 1 amide bonds. The molecular formula is C24H20N2O2S. The molecule has 0 unspecified atom stereocenters. The van der Waals surface area contributed by atoms with Crippen molar-refractivity contribution in [3.63, 3.8) is 0 Å². The van der Waals surface area contributed by atoms with Gasteiger partial charge in [-0.25, -0.2) is 4.99 Å². The van der Waals surface area contributed by atoms with Crippen molar-refractivity contribution in [2.45, 2.75) is 6.42 Å². The van der Waals surface area contributed by atoms with Crippen LogP contribution in [0.15, 0.2) is 94.8 Å². The van der Waals surface area contributed by atoms with Crippen LogP contribution in [0.4, 0.5) is 5.69 Å². The molecular weight excluding hydrogens is 380 g/mol. The normalized spacial score (nSPS) is 16.7. The van der Waals surface area contributed by atoms with Gasteiger partial charge in [-0.1, -0.05) is 60.7 Å². The Morgan fingerprint density at radius 3 is 2.24 bits per heavy atom. The van der Waals surface area contributed by atoms with Crippen molar-refractivity contribution in [1.82, 2.24) is 4.90 Å². The number of rotatable bonds is 5. The molecule has 1 fully saturated rings. The smallest absolute Gasteiger partial charge is 0.266 e. The highest BCUT2D eigenvalue weighted by Gasteiger charge is 2.33. The van der Waals surface area contributed by atoms with E-state index in [1.54, 1.807) is 29.2 Å². The Labute approximate surface area is 174 Å². The standard InChI is InChI=1S/C24H20N2O2S/c27-21-13-11-19(12-14-21)17-22-23(28)26(16-15-18-7-3-1-4-8-18)24(29-22)25-20-9-5-2-6-10-20/h1-14,17,27H,15-16H2/b22-17+,25-24?. The van der Waals surface area contributed by atoms with Gasteiger partial charge in [-0.15, -0.1) is 0 Å². The summed E-state index contributed by atoms with van der Waals surface area (Å²) in [5, 5.41) is 10.2. The first-order valence-corrected chi connectivity index (χ1v) is 10.2. The molecule has 0 radical (unpaired) electrons. The lowest BCUT2D eigenvalue weighted by molar-refractivity contribution is -0.122. The number of phenolic OH excluding ortho intramolecular Hbond substituents is 1. The summed E-state index contributed by atoms with van der Waals surface area (Å²) in [6, 6.07) is 26.6. The third-order valence-electron chi connectivity index (χ3n) is 4.53. The summed E-state index contributed by atoms with van der Waals surface area (Å²) in [4.78, 5) is 20.2. The van der Waals surface area contributed by atoms with Gasteiger partial charge in [0.05, 0.1) is 10.6 Å². The number of phenols is 1. The van der Waals surface area contributed by atoms with Gasteiger partial charge in [-0.2, -0.15) is 0 Å². The molecule has 1 aliphatic rings. The van der Waals surface area contributed by atoms with E-state index in [-0.39, 0.29) is 11.7 Å². The minimum absolute atomic E-state index is 0.0475. The van der Waals surface area contributed by atoms with Crippen LogP contribution in [0, 0.1) is 0 Å². The minimum Gasteiger partial charge on any atom is -0.508 e. The number of hydrogen-bond acceptors (Lipinski definition) is 4. The van der Waals surface area contributed by atoms with E-state index in [0.29, 0.717) is 16.6 Å². The van der Waals surface area contributed by atoms with Crippen LogP contribution in [0.1, 0.15) is 11.1 Å². The largest absolute Gasteiger partial charge is 0.508 e. The van der Waals surface area contributed by atoms with E-state index in [1.165, 1.54) is 17.3 Å². The summed E-state index contributed by atoms with van der Waals surface area (Å²) in [5.41, 5.74) is 2.86. The average Bonchev–Trinajstić information content (AvgIpc) is 3.04. The van der Waals surface area contributed by atoms with Crippen molar-refractivity contribution in [2.75, 3.05) is 6.54 Å². The molecule has 1 saturated heterocycles. The average molecular weight is 401 g/mol. The Balaban J connectivity index is 1.62. The van der Waals surface area contributed by atoms with E-state index in [1.807, 2.05) is 54.6 Å². The number of para-hydroxylation sites is 1. The van der Waals surface area contributed by atoms with E-state index in [2.05, 4.69) is 12.1 Å². The van der Waals surface area contributed by atoms with E-state index in [0.717, 1.165) is 17.7 Å². The molecule has 1 heterocycles.